The molecule has 2 saturated carbocycles. The van der Waals surface area contributed by atoms with Crippen molar-refractivity contribution in [3.63, 3.8) is 0 Å². The lowest BCUT2D eigenvalue weighted by Crippen LogP contribution is -2.47. The summed E-state index contributed by atoms with van der Waals surface area (Å²) in [7, 11) is -0.996. The van der Waals surface area contributed by atoms with E-state index in [2.05, 4.69) is 5.32 Å². The average Bonchev–Trinajstić information content (AvgIpc) is 2.39. The third kappa shape index (κ3) is 3.50. The van der Waals surface area contributed by atoms with Crippen LogP contribution in [0, 0.1) is 5.92 Å². The molecule has 0 heterocycles. The molecule has 5 heteroatoms. The van der Waals surface area contributed by atoms with Gasteiger partial charge in [-0.05, 0) is 57.9 Å². The molecule has 0 bridgehead atoms. The summed E-state index contributed by atoms with van der Waals surface area (Å²) in [4.78, 5) is 0. The van der Waals surface area contributed by atoms with Gasteiger partial charge in [-0.25, -0.2) is 8.42 Å². The van der Waals surface area contributed by atoms with E-state index in [1.807, 2.05) is 7.05 Å². The van der Waals surface area contributed by atoms with Gasteiger partial charge in [0.2, 0.25) is 0 Å². The Kier molecular flexibility index (Phi) is 4.58. The topological polar surface area (TPSA) is 66.4 Å². The molecular weight excluding hydrogens is 262 g/mol. The van der Waals surface area contributed by atoms with Crippen LogP contribution in [0.25, 0.3) is 0 Å². The number of hydrogen-bond acceptors (Lipinski definition) is 4. The lowest BCUT2D eigenvalue weighted by molar-refractivity contribution is -0.0652. The van der Waals surface area contributed by atoms with Crippen LogP contribution in [-0.2, 0) is 9.84 Å². The quantitative estimate of drug-likeness (QED) is 0.826. The van der Waals surface area contributed by atoms with Gasteiger partial charge in [-0.15, -0.1) is 0 Å². The summed E-state index contributed by atoms with van der Waals surface area (Å²) < 4.78 is 23.5. The maximum absolute atomic E-state index is 11.7. The third-order valence-corrected chi connectivity index (χ3v) is 6.89. The molecule has 0 saturated heterocycles. The summed E-state index contributed by atoms with van der Waals surface area (Å²) in [5.74, 6) is 0.166. The summed E-state index contributed by atoms with van der Waals surface area (Å²) in [5.41, 5.74) is -0.628. The largest absolute Gasteiger partial charge is 0.390 e. The van der Waals surface area contributed by atoms with Crippen LogP contribution in [0.15, 0.2) is 0 Å². The van der Waals surface area contributed by atoms with E-state index in [1.165, 1.54) is 6.26 Å². The van der Waals surface area contributed by atoms with Crippen molar-refractivity contribution in [3.05, 3.63) is 0 Å². The minimum absolute atomic E-state index is 0.166. The molecule has 2 unspecified atom stereocenters. The van der Waals surface area contributed by atoms with E-state index in [-0.39, 0.29) is 11.2 Å². The second kappa shape index (κ2) is 5.70. The molecule has 112 valence electrons. The first kappa shape index (κ1) is 15.3. The van der Waals surface area contributed by atoms with Crippen LogP contribution in [0.5, 0.6) is 0 Å². The Morgan fingerprint density at radius 1 is 1.16 bits per heavy atom. The highest BCUT2D eigenvalue weighted by atomic mass is 32.2. The molecule has 0 aromatic carbocycles. The molecular formula is C14H27NO3S. The van der Waals surface area contributed by atoms with Crippen molar-refractivity contribution in [1.82, 2.24) is 5.32 Å². The Hall–Kier alpha value is -0.130. The molecule has 2 fully saturated rings. The molecule has 0 radical (unpaired) electrons. The van der Waals surface area contributed by atoms with Gasteiger partial charge in [-0.3, -0.25) is 0 Å². The Morgan fingerprint density at radius 3 is 2.32 bits per heavy atom. The first-order valence-electron chi connectivity index (χ1n) is 7.43. The van der Waals surface area contributed by atoms with E-state index < -0.39 is 15.4 Å². The smallest absolute Gasteiger partial charge is 0.150 e. The van der Waals surface area contributed by atoms with Crippen molar-refractivity contribution in [2.45, 2.75) is 68.3 Å². The molecule has 2 rings (SSSR count). The molecule has 2 atom stereocenters. The molecule has 2 aliphatic carbocycles. The summed E-state index contributed by atoms with van der Waals surface area (Å²) in [5, 5.41) is 13.9. The summed E-state index contributed by atoms with van der Waals surface area (Å²) in [6.07, 6.45) is 8.26. The van der Waals surface area contributed by atoms with Crippen LogP contribution < -0.4 is 5.32 Å². The van der Waals surface area contributed by atoms with Gasteiger partial charge >= 0.3 is 0 Å². The van der Waals surface area contributed by atoms with Crippen molar-refractivity contribution in [1.29, 1.82) is 0 Å². The third-order valence-electron chi connectivity index (χ3n) is 5.25. The second-order valence-electron chi connectivity index (χ2n) is 6.48. The maximum Gasteiger partial charge on any atom is 0.150 e. The second-order valence-corrected chi connectivity index (χ2v) is 8.81. The lowest BCUT2D eigenvalue weighted by Gasteiger charge is -2.44. The van der Waals surface area contributed by atoms with Crippen LogP contribution in [0.3, 0.4) is 0 Å². The highest BCUT2D eigenvalue weighted by Gasteiger charge is 2.43. The fourth-order valence-electron chi connectivity index (χ4n) is 3.84. The van der Waals surface area contributed by atoms with Gasteiger partial charge in [-0.2, -0.15) is 0 Å². The van der Waals surface area contributed by atoms with E-state index in [9.17, 15) is 13.5 Å². The SMILES string of the molecule is CNC1CCC(O)(C2CCCC(S(C)(=O)=O)C2)CC1. The van der Waals surface area contributed by atoms with Crippen LogP contribution in [0.1, 0.15) is 51.4 Å². The molecule has 19 heavy (non-hydrogen) atoms. The standard InChI is InChI=1S/C14H27NO3S/c1-15-12-6-8-14(16,9-7-12)11-4-3-5-13(10-11)19(2,17)18/h11-13,15-16H,3-10H2,1-2H3. The highest BCUT2D eigenvalue weighted by Crippen LogP contribution is 2.42. The summed E-state index contributed by atoms with van der Waals surface area (Å²) in [6.45, 7) is 0. The van der Waals surface area contributed by atoms with Crippen LogP contribution >= 0.6 is 0 Å². The Bertz CT molecular complexity index is 399. The molecule has 0 aromatic heterocycles. The fraction of sp³-hybridized carbons (Fsp3) is 1.00. The molecule has 0 amide bonds. The Labute approximate surface area is 116 Å². The van der Waals surface area contributed by atoms with Gasteiger partial charge in [-0.1, -0.05) is 6.42 Å². The van der Waals surface area contributed by atoms with Crippen molar-refractivity contribution in [2.75, 3.05) is 13.3 Å². The van der Waals surface area contributed by atoms with E-state index >= 15 is 0 Å². The van der Waals surface area contributed by atoms with E-state index in [0.717, 1.165) is 44.9 Å². The minimum atomic E-state index is -2.96. The monoisotopic (exact) mass is 289 g/mol. The first-order chi connectivity index (χ1) is 8.85. The van der Waals surface area contributed by atoms with Crippen molar-refractivity contribution in [2.24, 2.45) is 5.92 Å². The Morgan fingerprint density at radius 2 is 1.79 bits per heavy atom. The average molecular weight is 289 g/mol. The summed E-state index contributed by atoms with van der Waals surface area (Å²) >= 11 is 0. The van der Waals surface area contributed by atoms with Crippen LogP contribution in [-0.4, -0.2) is 43.7 Å². The van der Waals surface area contributed by atoms with Crippen molar-refractivity contribution >= 4 is 9.84 Å². The molecule has 2 aliphatic rings. The minimum Gasteiger partial charge on any atom is -0.390 e. The normalized spacial score (nSPS) is 41.1. The van der Waals surface area contributed by atoms with Gasteiger partial charge in [0.25, 0.3) is 0 Å². The highest BCUT2D eigenvalue weighted by molar-refractivity contribution is 7.91. The van der Waals surface area contributed by atoms with Gasteiger partial charge < -0.3 is 10.4 Å². The number of hydrogen-bond donors (Lipinski definition) is 2. The zero-order valence-electron chi connectivity index (χ0n) is 12.1. The van der Waals surface area contributed by atoms with E-state index in [4.69, 9.17) is 0 Å². The maximum atomic E-state index is 11.7. The molecule has 0 aromatic rings. The lowest BCUT2D eigenvalue weighted by atomic mass is 9.69. The number of aliphatic hydroxyl groups is 1. The number of rotatable bonds is 3. The summed E-state index contributed by atoms with van der Waals surface area (Å²) in [6, 6.07) is 0.509. The van der Waals surface area contributed by atoms with Crippen LogP contribution in [0.4, 0.5) is 0 Å². The van der Waals surface area contributed by atoms with Gasteiger partial charge in [0, 0.05) is 12.3 Å². The fourth-order valence-corrected chi connectivity index (χ4v) is 5.01. The molecule has 0 spiro atoms. The zero-order valence-corrected chi connectivity index (χ0v) is 12.9. The van der Waals surface area contributed by atoms with E-state index in [1.54, 1.807) is 0 Å². The van der Waals surface area contributed by atoms with Gasteiger partial charge in [0.15, 0.2) is 0 Å². The van der Waals surface area contributed by atoms with Crippen molar-refractivity contribution in [3.8, 4) is 0 Å². The molecule has 4 nitrogen and oxygen atoms in total. The first-order valence-corrected chi connectivity index (χ1v) is 9.39. The van der Waals surface area contributed by atoms with Gasteiger partial charge in [0.05, 0.1) is 10.9 Å². The number of nitrogens with one attached hydrogen (secondary N) is 1. The van der Waals surface area contributed by atoms with Crippen LogP contribution in [0.2, 0.25) is 0 Å². The predicted octanol–water partition coefficient (Wildman–Crippen LogP) is 1.48. The molecule has 2 N–H and O–H groups in total. The predicted molar refractivity (Wildman–Crippen MR) is 76.9 cm³/mol. The zero-order chi connectivity index (χ0) is 14.1. The molecule has 0 aliphatic heterocycles. The van der Waals surface area contributed by atoms with Gasteiger partial charge in [0.1, 0.15) is 9.84 Å². The Balaban J connectivity index is 2.01. The van der Waals surface area contributed by atoms with E-state index in [0.29, 0.717) is 12.5 Å². The van der Waals surface area contributed by atoms with Crippen molar-refractivity contribution < 1.29 is 13.5 Å². The number of sulfone groups is 1.